The first kappa shape index (κ1) is 23.6. The van der Waals surface area contributed by atoms with Crippen LogP contribution >= 0.6 is 11.3 Å². The highest BCUT2D eigenvalue weighted by molar-refractivity contribution is 7.89. The highest BCUT2D eigenvalue weighted by Crippen LogP contribution is 2.34. The molecule has 2 aromatic heterocycles. The fourth-order valence-electron chi connectivity index (χ4n) is 3.85. The van der Waals surface area contributed by atoms with Crippen LogP contribution in [0.15, 0.2) is 41.3 Å². The summed E-state index contributed by atoms with van der Waals surface area (Å²) in [4.78, 5) is 20.2. The van der Waals surface area contributed by atoms with E-state index >= 15 is 0 Å². The van der Waals surface area contributed by atoms with Crippen LogP contribution in [0, 0.1) is 13.8 Å². The largest absolute Gasteiger partial charge is 0.378 e. The third-order valence-corrected chi connectivity index (χ3v) is 9.02. The normalized spacial score (nSPS) is 14.8. The Morgan fingerprint density at radius 3 is 2.52 bits per heavy atom. The maximum absolute atomic E-state index is 13.4. The number of benzene rings is 1. The standard InChI is InChI=1S/C23H28N4O4S2/c1-16-21(23(28)27-10-12-31-13-11-27)32-22(24-16)19-14-20(17(2)26(19)4)33(29,30)25(3)15-18-8-6-5-7-9-18/h5-9,14H,10-13,15H2,1-4H3. The lowest BCUT2D eigenvalue weighted by molar-refractivity contribution is 0.0305. The molecule has 10 heteroatoms. The summed E-state index contributed by atoms with van der Waals surface area (Å²) in [6.45, 7) is 6.06. The van der Waals surface area contributed by atoms with Gasteiger partial charge in [-0.3, -0.25) is 4.79 Å². The molecule has 4 rings (SSSR count). The summed E-state index contributed by atoms with van der Waals surface area (Å²) in [6.07, 6.45) is 0. The number of hydrogen-bond donors (Lipinski definition) is 0. The van der Waals surface area contributed by atoms with E-state index in [4.69, 9.17) is 4.74 Å². The molecule has 1 aliphatic rings. The van der Waals surface area contributed by atoms with Crippen LogP contribution < -0.4 is 0 Å². The third kappa shape index (κ3) is 4.61. The minimum atomic E-state index is -3.71. The van der Waals surface area contributed by atoms with Crippen molar-refractivity contribution in [3.8, 4) is 10.7 Å². The van der Waals surface area contributed by atoms with Gasteiger partial charge in [-0.25, -0.2) is 13.4 Å². The monoisotopic (exact) mass is 488 g/mol. The summed E-state index contributed by atoms with van der Waals surface area (Å²) in [5.41, 5.74) is 2.86. The first-order valence-electron chi connectivity index (χ1n) is 10.7. The van der Waals surface area contributed by atoms with Gasteiger partial charge in [0.15, 0.2) is 0 Å². The molecular formula is C23H28N4O4S2. The molecule has 1 aliphatic heterocycles. The van der Waals surface area contributed by atoms with Gasteiger partial charge in [-0.15, -0.1) is 11.3 Å². The van der Waals surface area contributed by atoms with E-state index in [9.17, 15) is 13.2 Å². The molecule has 1 aromatic carbocycles. The summed E-state index contributed by atoms with van der Waals surface area (Å²) in [5, 5.41) is 0.627. The number of thiazole rings is 1. The number of carbonyl (C=O) groups is 1. The lowest BCUT2D eigenvalue weighted by Gasteiger charge is -2.26. The summed E-state index contributed by atoms with van der Waals surface area (Å²) in [7, 11) is -0.309. The predicted octanol–water partition coefficient (Wildman–Crippen LogP) is 3.06. The van der Waals surface area contributed by atoms with Gasteiger partial charge < -0.3 is 14.2 Å². The first-order valence-corrected chi connectivity index (χ1v) is 13.0. The molecule has 0 spiro atoms. The number of rotatable bonds is 6. The van der Waals surface area contributed by atoms with Gasteiger partial charge >= 0.3 is 0 Å². The van der Waals surface area contributed by atoms with Gasteiger partial charge in [0, 0.05) is 39.4 Å². The Hall–Kier alpha value is -2.53. The van der Waals surface area contributed by atoms with Crippen LogP contribution in [-0.2, 0) is 28.4 Å². The van der Waals surface area contributed by atoms with Gasteiger partial charge in [0.25, 0.3) is 5.91 Å². The first-order chi connectivity index (χ1) is 15.7. The van der Waals surface area contributed by atoms with E-state index in [1.54, 1.807) is 24.9 Å². The molecule has 176 valence electrons. The van der Waals surface area contributed by atoms with Crippen LogP contribution in [0.25, 0.3) is 10.7 Å². The number of aromatic nitrogens is 2. The molecule has 0 aliphatic carbocycles. The Labute approximate surface area is 198 Å². The number of aryl methyl sites for hydroxylation is 1. The summed E-state index contributed by atoms with van der Waals surface area (Å²) in [5.74, 6) is -0.0547. The van der Waals surface area contributed by atoms with E-state index in [-0.39, 0.29) is 17.3 Å². The molecule has 0 unspecified atom stereocenters. The van der Waals surface area contributed by atoms with Crippen molar-refractivity contribution in [1.82, 2.24) is 18.8 Å². The Balaban J connectivity index is 1.64. The quantitative estimate of drug-likeness (QED) is 0.532. The molecule has 0 saturated carbocycles. The summed E-state index contributed by atoms with van der Waals surface area (Å²) >= 11 is 1.30. The van der Waals surface area contributed by atoms with Crippen molar-refractivity contribution in [3.63, 3.8) is 0 Å². The van der Waals surface area contributed by atoms with E-state index < -0.39 is 10.0 Å². The fourth-order valence-corrected chi connectivity index (χ4v) is 6.36. The molecule has 1 fully saturated rings. The van der Waals surface area contributed by atoms with Crippen molar-refractivity contribution < 1.29 is 17.9 Å². The zero-order valence-corrected chi connectivity index (χ0v) is 20.9. The average Bonchev–Trinajstić information content (AvgIpc) is 3.34. The second-order valence-corrected chi connectivity index (χ2v) is 11.1. The molecular weight excluding hydrogens is 460 g/mol. The zero-order chi connectivity index (χ0) is 23.8. The fraction of sp³-hybridized carbons (Fsp3) is 0.391. The van der Waals surface area contributed by atoms with Gasteiger partial charge in [-0.2, -0.15) is 4.31 Å². The number of morpholine rings is 1. The molecule has 0 radical (unpaired) electrons. The van der Waals surface area contributed by atoms with E-state index in [1.165, 1.54) is 15.6 Å². The van der Waals surface area contributed by atoms with Crippen LogP contribution in [0.1, 0.15) is 26.6 Å². The molecule has 1 saturated heterocycles. The maximum Gasteiger partial charge on any atom is 0.266 e. The number of ether oxygens (including phenoxy) is 1. The van der Waals surface area contributed by atoms with Crippen molar-refractivity contribution >= 4 is 27.3 Å². The van der Waals surface area contributed by atoms with E-state index in [0.29, 0.717) is 53.3 Å². The summed E-state index contributed by atoms with van der Waals surface area (Å²) in [6, 6.07) is 11.2. The molecule has 0 N–H and O–H groups in total. The topological polar surface area (TPSA) is 84.7 Å². The zero-order valence-electron chi connectivity index (χ0n) is 19.2. The number of carbonyl (C=O) groups excluding carboxylic acids is 1. The predicted molar refractivity (Wildman–Crippen MR) is 128 cm³/mol. The minimum Gasteiger partial charge on any atom is -0.378 e. The molecule has 0 bridgehead atoms. The molecule has 3 heterocycles. The van der Waals surface area contributed by atoms with Crippen LogP contribution in [0.2, 0.25) is 0 Å². The Morgan fingerprint density at radius 1 is 1.18 bits per heavy atom. The molecule has 0 atom stereocenters. The van der Waals surface area contributed by atoms with Gasteiger partial charge in [-0.05, 0) is 25.5 Å². The Morgan fingerprint density at radius 2 is 1.85 bits per heavy atom. The van der Waals surface area contributed by atoms with E-state index in [1.807, 2.05) is 48.9 Å². The summed E-state index contributed by atoms with van der Waals surface area (Å²) < 4.78 is 35.2. The van der Waals surface area contributed by atoms with Crippen LogP contribution in [0.3, 0.4) is 0 Å². The van der Waals surface area contributed by atoms with Crippen molar-refractivity contribution in [2.24, 2.45) is 7.05 Å². The lowest BCUT2D eigenvalue weighted by atomic mass is 10.2. The second kappa shape index (κ2) is 9.38. The average molecular weight is 489 g/mol. The maximum atomic E-state index is 13.4. The second-order valence-electron chi connectivity index (χ2n) is 8.12. The van der Waals surface area contributed by atoms with Gasteiger partial charge in [0.05, 0.1) is 24.6 Å². The smallest absolute Gasteiger partial charge is 0.266 e. The molecule has 1 amide bonds. The molecule has 3 aromatic rings. The third-order valence-electron chi connectivity index (χ3n) is 5.93. The highest BCUT2D eigenvalue weighted by atomic mass is 32.2. The van der Waals surface area contributed by atoms with Gasteiger partial charge in [-0.1, -0.05) is 30.3 Å². The number of hydrogen-bond acceptors (Lipinski definition) is 6. The van der Waals surface area contributed by atoms with Gasteiger partial charge in [0.1, 0.15) is 14.8 Å². The van der Waals surface area contributed by atoms with Crippen molar-refractivity contribution in [2.45, 2.75) is 25.3 Å². The van der Waals surface area contributed by atoms with Crippen LogP contribution in [-0.4, -0.2) is 66.4 Å². The van der Waals surface area contributed by atoms with Crippen LogP contribution in [0.4, 0.5) is 0 Å². The molecule has 33 heavy (non-hydrogen) atoms. The molecule has 8 nitrogen and oxygen atoms in total. The van der Waals surface area contributed by atoms with Crippen molar-refractivity contribution in [1.29, 1.82) is 0 Å². The van der Waals surface area contributed by atoms with Crippen molar-refractivity contribution in [2.75, 3.05) is 33.4 Å². The Kier molecular flexibility index (Phi) is 6.71. The lowest BCUT2D eigenvalue weighted by Crippen LogP contribution is -2.40. The SMILES string of the molecule is Cc1nc(-c2cc(S(=O)(=O)N(C)Cc3ccccc3)c(C)n2C)sc1C(=O)N1CCOCC1. The Bertz CT molecular complexity index is 1260. The number of sulfonamides is 1. The number of nitrogens with zero attached hydrogens (tertiary/aromatic N) is 4. The number of amides is 1. The van der Waals surface area contributed by atoms with Gasteiger partial charge in [0.2, 0.25) is 10.0 Å². The highest BCUT2D eigenvalue weighted by Gasteiger charge is 2.29. The van der Waals surface area contributed by atoms with Crippen LogP contribution in [0.5, 0.6) is 0 Å². The van der Waals surface area contributed by atoms with E-state index in [2.05, 4.69) is 4.98 Å². The van der Waals surface area contributed by atoms with E-state index in [0.717, 1.165) is 5.56 Å². The minimum absolute atomic E-state index is 0.0547. The van der Waals surface area contributed by atoms with Crippen molar-refractivity contribution in [3.05, 3.63) is 58.2 Å².